The predicted molar refractivity (Wildman–Crippen MR) is 114 cm³/mol. The molecule has 0 aliphatic heterocycles. The van der Waals surface area contributed by atoms with Crippen molar-refractivity contribution in [3.05, 3.63) is 29.8 Å². The van der Waals surface area contributed by atoms with Crippen LogP contribution in [0.15, 0.2) is 24.3 Å². The van der Waals surface area contributed by atoms with E-state index in [0.29, 0.717) is 12.2 Å². The minimum atomic E-state index is -0.292. The average molecular weight is 388 g/mol. The Kier molecular flexibility index (Phi) is 10.1. The zero-order valence-electron chi connectivity index (χ0n) is 17.7. The molecule has 1 amide bonds. The Bertz CT molecular complexity index is 588. The van der Waals surface area contributed by atoms with E-state index < -0.39 is 0 Å². The Morgan fingerprint density at radius 1 is 0.929 bits per heavy atom. The van der Waals surface area contributed by atoms with E-state index in [4.69, 9.17) is 4.74 Å². The molecular formula is C24H37NO3. The van der Waals surface area contributed by atoms with E-state index in [9.17, 15) is 9.59 Å². The molecule has 0 heterocycles. The van der Waals surface area contributed by atoms with E-state index in [1.807, 2.05) is 0 Å². The molecule has 1 N–H and O–H groups in total. The molecule has 28 heavy (non-hydrogen) atoms. The number of unbranched alkanes of at least 4 members (excludes halogenated alkanes) is 4. The SMILES string of the molecule is CCCCCCOC(=O)c1ccc(NC(=O)C2CCC(CCCC)CC2)cc1. The number of benzene rings is 1. The van der Waals surface area contributed by atoms with Crippen molar-refractivity contribution < 1.29 is 14.3 Å². The summed E-state index contributed by atoms with van der Waals surface area (Å²) in [4.78, 5) is 24.6. The van der Waals surface area contributed by atoms with Gasteiger partial charge in [0.2, 0.25) is 5.91 Å². The molecule has 1 fully saturated rings. The molecule has 0 bridgehead atoms. The van der Waals surface area contributed by atoms with Gasteiger partial charge in [-0.1, -0.05) is 52.4 Å². The summed E-state index contributed by atoms with van der Waals surface area (Å²) in [7, 11) is 0. The highest BCUT2D eigenvalue weighted by Gasteiger charge is 2.26. The summed E-state index contributed by atoms with van der Waals surface area (Å²) in [5.74, 6) is 0.738. The van der Waals surface area contributed by atoms with Gasteiger partial charge in [-0.3, -0.25) is 4.79 Å². The van der Waals surface area contributed by atoms with E-state index in [1.54, 1.807) is 24.3 Å². The number of amides is 1. The third-order valence-corrected chi connectivity index (χ3v) is 5.80. The van der Waals surface area contributed by atoms with Crippen molar-refractivity contribution in [3.63, 3.8) is 0 Å². The zero-order valence-corrected chi connectivity index (χ0v) is 17.7. The van der Waals surface area contributed by atoms with Crippen LogP contribution in [0, 0.1) is 11.8 Å². The molecule has 1 aliphatic rings. The lowest BCUT2D eigenvalue weighted by atomic mass is 9.79. The molecule has 0 radical (unpaired) electrons. The second kappa shape index (κ2) is 12.6. The summed E-state index contributed by atoms with van der Waals surface area (Å²) in [6, 6.07) is 7.04. The minimum Gasteiger partial charge on any atom is -0.462 e. The highest BCUT2D eigenvalue weighted by molar-refractivity contribution is 5.94. The maximum atomic E-state index is 12.5. The third-order valence-electron chi connectivity index (χ3n) is 5.80. The number of nitrogens with one attached hydrogen (secondary N) is 1. The van der Waals surface area contributed by atoms with Crippen LogP contribution in [0.25, 0.3) is 0 Å². The van der Waals surface area contributed by atoms with Gasteiger partial charge in [0, 0.05) is 11.6 Å². The van der Waals surface area contributed by atoms with Gasteiger partial charge in [0.1, 0.15) is 0 Å². The van der Waals surface area contributed by atoms with Crippen LogP contribution in [0.1, 0.15) is 94.8 Å². The monoisotopic (exact) mass is 387 g/mol. The Morgan fingerprint density at radius 2 is 1.61 bits per heavy atom. The van der Waals surface area contributed by atoms with Gasteiger partial charge in [0.05, 0.1) is 12.2 Å². The van der Waals surface area contributed by atoms with Crippen molar-refractivity contribution in [2.45, 2.75) is 84.5 Å². The first kappa shape index (κ1) is 22.4. The van der Waals surface area contributed by atoms with Gasteiger partial charge >= 0.3 is 5.97 Å². The Morgan fingerprint density at radius 3 is 2.25 bits per heavy atom. The van der Waals surface area contributed by atoms with Crippen LogP contribution in [0.4, 0.5) is 5.69 Å². The van der Waals surface area contributed by atoms with Crippen molar-refractivity contribution in [2.24, 2.45) is 11.8 Å². The number of carbonyl (C=O) groups is 2. The molecule has 1 saturated carbocycles. The Hall–Kier alpha value is -1.84. The predicted octanol–water partition coefficient (Wildman–Crippen LogP) is 6.36. The third kappa shape index (κ3) is 7.65. The van der Waals surface area contributed by atoms with Crippen molar-refractivity contribution in [3.8, 4) is 0 Å². The number of ether oxygens (including phenoxy) is 1. The van der Waals surface area contributed by atoms with E-state index in [-0.39, 0.29) is 17.8 Å². The van der Waals surface area contributed by atoms with Crippen LogP contribution in [-0.2, 0) is 9.53 Å². The molecule has 4 heteroatoms. The lowest BCUT2D eigenvalue weighted by molar-refractivity contribution is -0.121. The van der Waals surface area contributed by atoms with Crippen LogP contribution in [0.2, 0.25) is 0 Å². The maximum Gasteiger partial charge on any atom is 0.338 e. The number of rotatable bonds is 11. The van der Waals surface area contributed by atoms with Crippen LogP contribution >= 0.6 is 0 Å². The lowest BCUT2D eigenvalue weighted by Gasteiger charge is -2.27. The largest absolute Gasteiger partial charge is 0.462 e. The topological polar surface area (TPSA) is 55.4 Å². The van der Waals surface area contributed by atoms with Crippen molar-refractivity contribution in [1.29, 1.82) is 0 Å². The lowest BCUT2D eigenvalue weighted by Crippen LogP contribution is -2.27. The number of hydrogen-bond acceptors (Lipinski definition) is 3. The average Bonchev–Trinajstić information content (AvgIpc) is 2.72. The molecule has 1 aromatic rings. The molecular weight excluding hydrogens is 350 g/mol. The summed E-state index contributed by atoms with van der Waals surface area (Å²) >= 11 is 0. The van der Waals surface area contributed by atoms with Crippen molar-refractivity contribution in [1.82, 2.24) is 0 Å². The number of anilines is 1. The zero-order chi connectivity index (χ0) is 20.2. The van der Waals surface area contributed by atoms with Crippen LogP contribution in [-0.4, -0.2) is 18.5 Å². The molecule has 0 spiro atoms. The molecule has 1 aromatic carbocycles. The van der Waals surface area contributed by atoms with E-state index >= 15 is 0 Å². The molecule has 156 valence electrons. The standard InChI is InChI=1S/C24H37NO3/c1-3-5-7-8-18-28-24(27)21-14-16-22(17-15-21)25-23(26)20-12-10-19(11-13-20)9-6-4-2/h14-17,19-20H,3-13,18H2,1-2H3,(H,25,26). The first-order valence-corrected chi connectivity index (χ1v) is 11.2. The molecule has 0 atom stereocenters. The molecule has 0 saturated heterocycles. The Balaban J connectivity index is 1.73. The first-order valence-electron chi connectivity index (χ1n) is 11.2. The van der Waals surface area contributed by atoms with Crippen LogP contribution in [0.5, 0.6) is 0 Å². The van der Waals surface area contributed by atoms with Crippen molar-refractivity contribution in [2.75, 3.05) is 11.9 Å². The van der Waals surface area contributed by atoms with Gasteiger partial charge in [-0.05, 0) is 62.3 Å². The second-order valence-electron chi connectivity index (χ2n) is 8.12. The molecule has 4 nitrogen and oxygen atoms in total. The normalized spacial score (nSPS) is 19.2. The second-order valence-corrected chi connectivity index (χ2v) is 8.12. The fraction of sp³-hybridized carbons (Fsp3) is 0.667. The van der Waals surface area contributed by atoms with E-state index in [2.05, 4.69) is 19.2 Å². The van der Waals surface area contributed by atoms with Gasteiger partial charge in [-0.2, -0.15) is 0 Å². The fourth-order valence-corrected chi connectivity index (χ4v) is 3.92. The van der Waals surface area contributed by atoms with E-state index in [1.165, 1.54) is 44.9 Å². The van der Waals surface area contributed by atoms with Gasteiger partial charge in [0.25, 0.3) is 0 Å². The minimum absolute atomic E-state index is 0.111. The number of hydrogen-bond donors (Lipinski definition) is 1. The first-order chi connectivity index (χ1) is 13.6. The number of carbonyl (C=O) groups excluding carboxylic acids is 2. The van der Waals surface area contributed by atoms with Gasteiger partial charge in [-0.15, -0.1) is 0 Å². The molecule has 1 aliphatic carbocycles. The highest BCUT2D eigenvalue weighted by atomic mass is 16.5. The quantitative estimate of drug-likeness (QED) is 0.355. The summed E-state index contributed by atoms with van der Waals surface area (Å²) in [5, 5.41) is 3.01. The summed E-state index contributed by atoms with van der Waals surface area (Å²) in [6.45, 7) is 4.86. The molecule has 0 aromatic heterocycles. The van der Waals surface area contributed by atoms with Gasteiger partial charge in [0.15, 0.2) is 0 Å². The van der Waals surface area contributed by atoms with Crippen LogP contribution in [0.3, 0.4) is 0 Å². The van der Waals surface area contributed by atoms with E-state index in [0.717, 1.165) is 37.3 Å². The fourth-order valence-electron chi connectivity index (χ4n) is 3.92. The number of esters is 1. The highest BCUT2D eigenvalue weighted by Crippen LogP contribution is 2.32. The summed E-state index contributed by atoms with van der Waals surface area (Å²) in [5.41, 5.74) is 1.28. The smallest absolute Gasteiger partial charge is 0.338 e. The van der Waals surface area contributed by atoms with Gasteiger partial charge < -0.3 is 10.1 Å². The maximum absolute atomic E-state index is 12.5. The molecule has 2 rings (SSSR count). The summed E-state index contributed by atoms with van der Waals surface area (Å²) < 4.78 is 5.30. The van der Waals surface area contributed by atoms with Gasteiger partial charge in [-0.25, -0.2) is 4.79 Å². The Labute approximate surface area is 170 Å². The molecule has 0 unspecified atom stereocenters. The summed E-state index contributed by atoms with van der Waals surface area (Å²) in [6.07, 6.45) is 12.5. The van der Waals surface area contributed by atoms with Crippen molar-refractivity contribution >= 4 is 17.6 Å². The van der Waals surface area contributed by atoms with Crippen LogP contribution < -0.4 is 5.32 Å².